The third kappa shape index (κ3) is 5.28. The summed E-state index contributed by atoms with van der Waals surface area (Å²) >= 11 is 0. The van der Waals surface area contributed by atoms with Crippen LogP contribution in [0, 0.1) is 29.3 Å². The number of halogens is 5. The van der Waals surface area contributed by atoms with E-state index in [-0.39, 0.29) is 23.5 Å². The first-order chi connectivity index (χ1) is 17.2. The minimum Gasteiger partial charge on any atom is -0.204 e. The highest BCUT2D eigenvalue weighted by Crippen LogP contribution is 2.40. The van der Waals surface area contributed by atoms with Crippen LogP contribution in [0.25, 0.3) is 10.8 Å². The van der Waals surface area contributed by atoms with Crippen molar-refractivity contribution in [1.82, 2.24) is 0 Å². The van der Waals surface area contributed by atoms with Crippen LogP contribution in [-0.2, 0) is 5.92 Å². The van der Waals surface area contributed by atoms with Crippen LogP contribution < -0.4 is 0 Å². The second-order valence-electron chi connectivity index (χ2n) is 8.91. The molecule has 0 spiro atoms. The van der Waals surface area contributed by atoms with Crippen molar-refractivity contribution in [3.8, 4) is 11.8 Å². The monoisotopic (exact) mass is 492 g/mol. The van der Waals surface area contributed by atoms with Gasteiger partial charge in [-0.15, -0.1) is 0 Å². The summed E-state index contributed by atoms with van der Waals surface area (Å²) in [5.74, 6) is -1.70. The average molecular weight is 493 g/mol. The van der Waals surface area contributed by atoms with Gasteiger partial charge in [0.1, 0.15) is 0 Å². The summed E-state index contributed by atoms with van der Waals surface area (Å²) in [6.45, 7) is 3.81. The van der Waals surface area contributed by atoms with E-state index >= 15 is 0 Å². The van der Waals surface area contributed by atoms with E-state index in [1.807, 2.05) is 38.1 Å². The van der Waals surface area contributed by atoms with Gasteiger partial charge in [0, 0.05) is 29.0 Å². The Balaban J connectivity index is 1.69. The first-order valence-electron chi connectivity index (χ1n) is 11.9. The van der Waals surface area contributed by atoms with Gasteiger partial charge in [-0.3, -0.25) is 0 Å². The van der Waals surface area contributed by atoms with Crippen molar-refractivity contribution in [2.24, 2.45) is 0 Å². The van der Waals surface area contributed by atoms with Crippen molar-refractivity contribution in [1.29, 1.82) is 0 Å². The van der Waals surface area contributed by atoms with E-state index in [2.05, 4.69) is 11.8 Å². The second kappa shape index (κ2) is 10.5. The van der Waals surface area contributed by atoms with Crippen molar-refractivity contribution in [2.45, 2.75) is 45.0 Å². The standard InChI is InChI=1S/C31H25F5/c1-3-4-16-31(35,36)27-11-6-5-10-25(27)20(2)23-14-15-26-22(8-7-9-24(26)19-23)13-12-21-17-28(32)30(34)29(33)18-21/h5-11,14-15,17-20H,3-4,16H2,1-2H3. The fourth-order valence-electron chi connectivity index (χ4n) is 4.37. The molecule has 0 nitrogen and oxygen atoms in total. The molecule has 0 aromatic heterocycles. The Morgan fingerprint density at radius 1 is 0.833 bits per heavy atom. The maximum absolute atomic E-state index is 15.0. The Kier molecular flexibility index (Phi) is 7.45. The number of hydrogen-bond donors (Lipinski definition) is 0. The predicted molar refractivity (Wildman–Crippen MR) is 134 cm³/mol. The van der Waals surface area contributed by atoms with Gasteiger partial charge in [0.2, 0.25) is 0 Å². The van der Waals surface area contributed by atoms with Crippen molar-refractivity contribution >= 4 is 10.8 Å². The van der Waals surface area contributed by atoms with Gasteiger partial charge in [0.15, 0.2) is 17.5 Å². The van der Waals surface area contributed by atoms with E-state index in [4.69, 9.17) is 0 Å². The molecule has 4 aromatic carbocycles. The molecule has 0 aliphatic heterocycles. The summed E-state index contributed by atoms with van der Waals surface area (Å²) in [6, 6.07) is 19.6. The summed E-state index contributed by atoms with van der Waals surface area (Å²) in [6.07, 6.45) is 0.968. The maximum Gasteiger partial charge on any atom is 0.273 e. The molecule has 0 bridgehead atoms. The molecule has 0 amide bonds. The molecule has 5 heteroatoms. The van der Waals surface area contributed by atoms with Crippen molar-refractivity contribution in [3.63, 3.8) is 0 Å². The molecule has 0 saturated heterocycles. The fraction of sp³-hybridized carbons (Fsp3) is 0.226. The number of unbranched alkanes of at least 4 members (excludes halogenated alkanes) is 1. The molecule has 0 aliphatic rings. The summed E-state index contributed by atoms with van der Waals surface area (Å²) in [7, 11) is 0. The molecule has 36 heavy (non-hydrogen) atoms. The molecule has 0 radical (unpaired) electrons. The number of hydrogen-bond acceptors (Lipinski definition) is 0. The van der Waals surface area contributed by atoms with Crippen LogP contribution in [0.2, 0.25) is 0 Å². The van der Waals surface area contributed by atoms with E-state index < -0.39 is 23.4 Å². The van der Waals surface area contributed by atoms with Crippen LogP contribution in [0.5, 0.6) is 0 Å². The Labute approximate surface area is 207 Å². The third-order valence-electron chi connectivity index (χ3n) is 6.40. The Morgan fingerprint density at radius 2 is 1.56 bits per heavy atom. The summed E-state index contributed by atoms with van der Waals surface area (Å²) in [5, 5.41) is 1.67. The lowest BCUT2D eigenvalue weighted by Crippen LogP contribution is -2.17. The van der Waals surface area contributed by atoms with Crippen molar-refractivity contribution < 1.29 is 22.0 Å². The quantitative estimate of drug-likeness (QED) is 0.143. The van der Waals surface area contributed by atoms with Gasteiger partial charge in [-0.2, -0.15) is 0 Å². The fourth-order valence-corrected chi connectivity index (χ4v) is 4.37. The lowest BCUT2D eigenvalue weighted by molar-refractivity contribution is -0.0163. The molecule has 0 fully saturated rings. The van der Waals surface area contributed by atoms with Crippen molar-refractivity contribution in [3.05, 3.63) is 118 Å². The number of alkyl halides is 2. The Hall–Kier alpha value is -3.65. The van der Waals surface area contributed by atoms with Crippen LogP contribution in [0.15, 0.2) is 72.8 Å². The van der Waals surface area contributed by atoms with Crippen LogP contribution >= 0.6 is 0 Å². The SMILES string of the molecule is CCCCC(F)(F)c1ccccc1C(C)c1ccc2c(C#Cc3cc(F)c(F)c(F)c3)cccc2c1. The highest BCUT2D eigenvalue weighted by molar-refractivity contribution is 5.89. The van der Waals surface area contributed by atoms with Crippen LogP contribution in [-0.4, -0.2) is 0 Å². The number of benzene rings is 4. The minimum absolute atomic E-state index is 0.0225. The maximum atomic E-state index is 15.0. The van der Waals surface area contributed by atoms with Crippen LogP contribution in [0.1, 0.15) is 66.8 Å². The Bertz CT molecular complexity index is 1440. The van der Waals surface area contributed by atoms with Crippen molar-refractivity contribution in [2.75, 3.05) is 0 Å². The van der Waals surface area contributed by atoms with E-state index in [0.717, 1.165) is 28.5 Å². The van der Waals surface area contributed by atoms with E-state index in [9.17, 15) is 22.0 Å². The molecule has 0 heterocycles. The van der Waals surface area contributed by atoms with E-state index in [1.165, 1.54) is 6.07 Å². The average Bonchev–Trinajstić information content (AvgIpc) is 2.88. The zero-order chi connectivity index (χ0) is 25.9. The molecule has 0 N–H and O–H groups in total. The van der Waals surface area contributed by atoms with Gasteiger partial charge >= 0.3 is 0 Å². The van der Waals surface area contributed by atoms with Gasteiger partial charge in [0.25, 0.3) is 5.92 Å². The largest absolute Gasteiger partial charge is 0.273 e. The zero-order valence-electron chi connectivity index (χ0n) is 20.0. The van der Waals surface area contributed by atoms with Gasteiger partial charge in [-0.05, 0) is 46.5 Å². The molecule has 1 atom stereocenters. The second-order valence-corrected chi connectivity index (χ2v) is 8.91. The molecule has 0 aliphatic carbocycles. The van der Waals surface area contributed by atoms with Crippen LogP contribution in [0.4, 0.5) is 22.0 Å². The van der Waals surface area contributed by atoms with Gasteiger partial charge in [0.05, 0.1) is 0 Å². The van der Waals surface area contributed by atoms with Gasteiger partial charge < -0.3 is 0 Å². The zero-order valence-corrected chi connectivity index (χ0v) is 20.0. The molecular formula is C31H25F5. The van der Waals surface area contributed by atoms with Gasteiger partial charge in [-0.25, -0.2) is 22.0 Å². The predicted octanol–water partition coefficient (Wildman–Crippen LogP) is 9.09. The molecule has 4 aromatic rings. The first-order valence-corrected chi connectivity index (χ1v) is 11.9. The van der Waals surface area contributed by atoms with E-state index in [1.54, 1.807) is 30.3 Å². The highest BCUT2D eigenvalue weighted by Gasteiger charge is 2.34. The number of rotatable bonds is 6. The summed E-state index contributed by atoms with van der Waals surface area (Å²) in [5.41, 5.74) is 2.19. The molecule has 184 valence electrons. The molecule has 0 saturated carbocycles. The first kappa shape index (κ1) is 25.4. The normalized spacial score (nSPS) is 12.3. The lowest BCUT2D eigenvalue weighted by Gasteiger charge is -2.23. The molecule has 4 rings (SSSR count). The summed E-state index contributed by atoms with van der Waals surface area (Å²) < 4.78 is 70.2. The third-order valence-corrected chi connectivity index (χ3v) is 6.40. The molecule has 1 unspecified atom stereocenters. The van der Waals surface area contributed by atoms with E-state index in [0.29, 0.717) is 24.0 Å². The highest BCUT2D eigenvalue weighted by atomic mass is 19.3. The van der Waals surface area contributed by atoms with Gasteiger partial charge in [-0.1, -0.05) is 86.7 Å². The molecular weight excluding hydrogens is 467 g/mol. The number of fused-ring (bicyclic) bond motifs is 1. The minimum atomic E-state index is -2.90. The smallest absolute Gasteiger partial charge is 0.204 e. The summed E-state index contributed by atoms with van der Waals surface area (Å²) in [4.78, 5) is 0. The Morgan fingerprint density at radius 3 is 2.28 bits per heavy atom. The topological polar surface area (TPSA) is 0 Å². The van der Waals surface area contributed by atoms with Crippen LogP contribution in [0.3, 0.4) is 0 Å². The lowest BCUT2D eigenvalue weighted by atomic mass is 9.85.